The van der Waals surface area contributed by atoms with Crippen LogP contribution in [0.5, 0.6) is 0 Å². The third kappa shape index (κ3) is 2.41. The van der Waals surface area contributed by atoms with Crippen LogP contribution in [0.15, 0.2) is 17.9 Å². The van der Waals surface area contributed by atoms with Gasteiger partial charge in [-0.1, -0.05) is 20.3 Å². The quantitative estimate of drug-likeness (QED) is 0.449. The lowest BCUT2D eigenvalue weighted by molar-refractivity contribution is 0.523. The van der Waals surface area contributed by atoms with Crippen molar-refractivity contribution in [2.45, 2.75) is 33.1 Å². The van der Waals surface area contributed by atoms with Crippen LogP contribution in [0.3, 0.4) is 0 Å². The second-order valence-electron chi connectivity index (χ2n) is 3.39. The zero-order chi connectivity index (χ0) is 7.40. The van der Waals surface area contributed by atoms with E-state index in [4.69, 9.17) is 0 Å². The van der Waals surface area contributed by atoms with Gasteiger partial charge in [-0.3, -0.25) is 0 Å². The predicted molar refractivity (Wildman–Crippen MR) is 44.8 cm³/mol. The molecule has 0 aromatic heterocycles. The summed E-state index contributed by atoms with van der Waals surface area (Å²) in [7, 11) is 0. The average molecular weight is 136 g/mol. The van der Waals surface area contributed by atoms with E-state index in [1.807, 2.05) is 0 Å². The number of allylic oxidation sites excluding steroid dienone is 1. The minimum atomic E-state index is 0.740. The summed E-state index contributed by atoms with van der Waals surface area (Å²) in [5.74, 6) is 1.48. The second kappa shape index (κ2) is 3.63. The van der Waals surface area contributed by atoms with Crippen molar-refractivity contribution in [1.29, 1.82) is 0 Å². The molecule has 0 aromatic carbocycles. The Hall–Kier alpha value is -0.480. The molecule has 0 spiro atoms. The van der Waals surface area contributed by atoms with Gasteiger partial charge in [-0.2, -0.15) is 0 Å². The van der Waals surface area contributed by atoms with Crippen LogP contribution in [0, 0.1) is 11.8 Å². The molecule has 1 aliphatic rings. The summed E-state index contributed by atoms with van der Waals surface area (Å²) in [4.78, 5) is 0. The smallest absolute Gasteiger partial charge is 0.0186 e. The van der Waals surface area contributed by atoms with E-state index in [0.29, 0.717) is 0 Å². The molecule has 56 valence electrons. The molecule has 1 aliphatic carbocycles. The van der Waals surface area contributed by atoms with Crippen LogP contribution in [0.1, 0.15) is 33.1 Å². The minimum absolute atomic E-state index is 0.740. The average Bonchev–Trinajstić information content (AvgIpc) is 1.84. The Balaban J connectivity index is 2.57. The molecule has 0 nitrogen and oxygen atoms in total. The van der Waals surface area contributed by atoms with E-state index >= 15 is 0 Å². The first-order valence-electron chi connectivity index (χ1n) is 4.22. The van der Waals surface area contributed by atoms with Crippen molar-refractivity contribution in [3.8, 4) is 0 Å². The molecule has 10 heavy (non-hydrogen) atoms. The third-order valence-electron chi connectivity index (χ3n) is 2.08. The van der Waals surface area contributed by atoms with E-state index < -0.39 is 0 Å². The fraction of sp³-hybridized carbons (Fsp3) is 0.700. The molecule has 0 fully saturated rings. The largest absolute Gasteiger partial charge is 0.129 e. The van der Waals surface area contributed by atoms with Crippen LogP contribution < -0.4 is 0 Å². The van der Waals surface area contributed by atoms with Crippen LogP contribution in [-0.4, -0.2) is 0 Å². The van der Waals surface area contributed by atoms with Crippen molar-refractivity contribution in [1.82, 2.24) is 0 Å². The van der Waals surface area contributed by atoms with E-state index in [9.17, 15) is 0 Å². The highest BCUT2D eigenvalue weighted by Crippen LogP contribution is 2.16. The fourth-order valence-electron chi connectivity index (χ4n) is 1.31. The van der Waals surface area contributed by atoms with Crippen molar-refractivity contribution in [3.63, 3.8) is 0 Å². The lowest BCUT2D eigenvalue weighted by atomic mass is 9.96. The van der Waals surface area contributed by atoms with Gasteiger partial charge in [0.15, 0.2) is 0 Å². The Morgan fingerprint density at radius 2 is 1.60 bits per heavy atom. The lowest BCUT2D eigenvalue weighted by Gasteiger charge is -2.09. The van der Waals surface area contributed by atoms with Crippen LogP contribution in [-0.2, 0) is 0 Å². The molecule has 0 heterocycles. The van der Waals surface area contributed by atoms with Crippen LogP contribution in [0.4, 0.5) is 0 Å². The fourth-order valence-corrected chi connectivity index (χ4v) is 1.31. The van der Waals surface area contributed by atoms with Crippen LogP contribution in [0.2, 0.25) is 0 Å². The lowest BCUT2D eigenvalue weighted by Crippen LogP contribution is -1.96. The zero-order valence-corrected chi connectivity index (χ0v) is 6.93. The summed E-state index contributed by atoms with van der Waals surface area (Å²) in [6.07, 6.45) is 8.43. The predicted octanol–water partition coefficient (Wildman–Crippen LogP) is 3.15. The Kier molecular flexibility index (Phi) is 2.77. The summed E-state index contributed by atoms with van der Waals surface area (Å²) in [6.45, 7) is 4.52. The summed E-state index contributed by atoms with van der Waals surface area (Å²) in [6, 6.07) is 0. The molecular weight excluding hydrogens is 120 g/mol. The van der Waals surface area contributed by atoms with Gasteiger partial charge >= 0.3 is 0 Å². The van der Waals surface area contributed by atoms with E-state index in [1.54, 1.807) is 0 Å². The molecule has 2 atom stereocenters. The summed E-state index contributed by atoms with van der Waals surface area (Å²) >= 11 is 0. The maximum absolute atomic E-state index is 3.24. The SMILES string of the molecule is CC1C=C=CC(C)CCC1. The van der Waals surface area contributed by atoms with E-state index in [1.165, 1.54) is 19.3 Å². The zero-order valence-electron chi connectivity index (χ0n) is 6.93. The molecule has 0 N–H and O–H groups in total. The van der Waals surface area contributed by atoms with Crippen molar-refractivity contribution >= 4 is 0 Å². The van der Waals surface area contributed by atoms with Gasteiger partial charge in [0, 0.05) is 0 Å². The second-order valence-corrected chi connectivity index (χ2v) is 3.39. The van der Waals surface area contributed by atoms with E-state index in [2.05, 4.69) is 31.7 Å². The first-order valence-corrected chi connectivity index (χ1v) is 4.22. The van der Waals surface area contributed by atoms with Crippen molar-refractivity contribution in [2.75, 3.05) is 0 Å². The molecule has 0 saturated heterocycles. The molecule has 0 aromatic rings. The van der Waals surface area contributed by atoms with Crippen LogP contribution in [0.25, 0.3) is 0 Å². The molecule has 1 rings (SSSR count). The Morgan fingerprint density at radius 3 is 2.10 bits per heavy atom. The number of rotatable bonds is 0. The monoisotopic (exact) mass is 136 g/mol. The normalized spacial score (nSPS) is 33.4. The number of hydrogen-bond donors (Lipinski definition) is 0. The summed E-state index contributed by atoms with van der Waals surface area (Å²) < 4.78 is 0. The maximum Gasteiger partial charge on any atom is -0.0186 e. The highest BCUT2D eigenvalue weighted by atomic mass is 14.1. The highest BCUT2D eigenvalue weighted by molar-refractivity contribution is 4.92. The van der Waals surface area contributed by atoms with Gasteiger partial charge < -0.3 is 0 Å². The molecular formula is C10H16. The third-order valence-corrected chi connectivity index (χ3v) is 2.08. The van der Waals surface area contributed by atoms with Gasteiger partial charge in [0.2, 0.25) is 0 Å². The first kappa shape index (κ1) is 7.63. The number of hydrogen-bond acceptors (Lipinski definition) is 0. The van der Waals surface area contributed by atoms with E-state index in [-0.39, 0.29) is 0 Å². The maximum atomic E-state index is 3.24. The molecule has 2 unspecified atom stereocenters. The van der Waals surface area contributed by atoms with Gasteiger partial charge in [-0.25, -0.2) is 0 Å². The van der Waals surface area contributed by atoms with Gasteiger partial charge in [-0.15, -0.1) is 5.73 Å². The molecule has 0 radical (unpaired) electrons. The summed E-state index contributed by atoms with van der Waals surface area (Å²) in [5, 5.41) is 0. The van der Waals surface area contributed by atoms with Gasteiger partial charge in [0.25, 0.3) is 0 Å². The Morgan fingerprint density at radius 1 is 1.10 bits per heavy atom. The topological polar surface area (TPSA) is 0 Å². The molecule has 0 saturated carbocycles. The van der Waals surface area contributed by atoms with Crippen LogP contribution >= 0.6 is 0 Å². The molecule has 0 aliphatic heterocycles. The standard InChI is InChI=1S/C10H16/c1-9-5-3-7-10(2)8-4-6-9/h6,8-10H,3,5,7H2,1-2H3. The Bertz CT molecular complexity index is 135. The molecule has 0 amide bonds. The minimum Gasteiger partial charge on any atom is -0.129 e. The summed E-state index contributed by atoms with van der Waals surface area (Å²) in [5.41, 5.74) is 3.24. The van der Waals surface area contributed by atoms with Crippen molar-refractivity contribution in [3.05, 3.63) is 17.9 Å². The Labute approximate surface area is 63.6 Å². The van der Waals surface area contributed by atoms with Gasteiger partial charge in [0.1, 0.15) is 0 Å². The van der Waals surface area contributed by atoms with Gasteiger partial charge in [0.05, 0.1) is 0 Å². The van der Waals surface area contributed by atoms with Gasteiger partial charge in [-0.05, 0) is 36.8 Å². The molecule has 0 bridgehead atoms. The van der Waals surface area contributed by atoms with Crippen molar-refractivity contribution < 1.29 is 0 Å². The highest BCUT2D eigenvalue weighted by Gasteiger charge is 2.02. The first-order chi connectivity index (χ1) is 4.79. The van der Waals surface area contributed by atoms with Crippen molar-refractivity contribution in [2.24, 2.45) is 11.8 Å². The molecule has 0 heteroatoms. The van der Waals surface area contributed by atoms with E-state index in [0.717, 1.165) is 11.8 Å².